The number of allylic oxidation sites excluding steroid dienone is 2. The van der Waals surface area contributed by atoms with Crippen LogP contribution in [0.1, 0.15) is 142 Å². The molecule has 0 aromatic carbocycles. The number of hydrogen-bond acceptors (Lipinski definition) is 3. The number of aliphatic hydroxyl groups is 2. The Hall–Kier alpha value is -0.710. The van der Waals surface area contributed by atoms with E-state index in [0.29, 0.717) is 6.42 Å². The number of carbonyl (C=O) groups is 1. The fraction of sp³-hybridized carbons (Fsp3) is 0.852. The first-order chi connectivity index (χ1) is 14.7. The summed E-state index contributed by atoms with van der Waals surface area (Å²) >= 11 is 0. The van der Waals surface area contributed by atoms with Gasteiger partial charge < -0.3 is 10.2 Å². The number of ketones is 1. The highest BCUT2D eigenvalue weighted by Gasteiger charge is 2.05. The van der Waals surface area contributed by atoms with Gasteiger partial charge in [-0.25, -0.2) is 0 Å². The molecule has 0 aliphatic rings. The highest BCUT2D eigenvalue weighted by molar-refractivity contribution is 5.86. The van der Waals surface area contributed by atoms with E-state index in [9.17, 15) is 4.79 Å². The topological polar surface area (TPSA) is 87.5 Å². The van der Waals surface area contributed by atoms with Gasteiger partial charge in [-0.3, -0.25) is 10.3 Å². The van der Waals surface area contributed by atoms with Crippen molar-refractivity contribution in [2.45, 2.75) is 148 Å². The minimum absolute atomic E-state index is 0. The quantitative estimate of drug-likeness (QED) is 0.0817. The standard InChI is InChI=1S/C27H51O3.HO/c1-2-3-4-5-6-7-8-9-10-11-12-13-14-15-16-17-18-19-20-21-22-23-26(28)24-25-27(29)30;/h9-10,24,27,29-30H,2-8,11-23,25H2,1H3;1H/b10-9-;. The molecule has 0 aliphatic carbocycles. The van der Waals surface area contributed by atoms with Crippen LogP contribution < -0.4 is 0 Å². The van der Waals surface area contributed by atoms with Gasteiger partial charge in [0.1, 0.15) is 5.78 Å². The third kappa shape index (κ3) is 29.3. The summed E-state index contributed by atoms with van der Waals surface area (Å²) in [4.78, 5) is 11.5. The van der Waals surface area contributed by atoms with Crippen LogP contribution in [0.3, 0.4) is 0 Å². The summed E-state index contributed by atoms with van der Waals surface area (Å²) in [7, 11) is 0. The number of hydrogen-bond donors (Lipinski definition) is 3. The van der Waals surface area contributed by atoms with Crippen molar-refractivity contribution < 1.29 is 20.5 Å². The van der Waals surface area contributed by atoms with E-state index >= 15 is 0 Å². The lowest BCUT2D eigenvalue weighted by Gasteiger charge is -2.04. The van der Waals surface area contributed by atoms with Crippen molar-refractivity contribution in [1.29, 1.82) is 0 Å². The van der Waals surface area contributed by atoms with E-state index < -0.39 is 6.29 Å². The number of Topliss-reactive ketones (excluding diaryl/α,β-unsaturated/α-hetero) is 1. The third-order valence-electron chi connectivity index (χ3n) is 5.74. The summed E-state index contributed by atoms with van der Waals surface area (Å²) in [5.74, 6) is 0.0383. The van der Waals surface area contributed by atoms with E-state index in [1.165, 1.54) is 116 Å². The number of aliphatic hydroxyl groups excluding tert-OH is 1. The van der Waals surface area contributed by atoms with Gasteiger partial charge in [-0.15, -0.1) is 0 Å². The molecule has 2 radical (unpaired) electrons. The van der Waals surface area contributed by atoms with Crippen LogP contribution in [0.2, 0.25) is 0 Å². The molecule has 0 saturated carbocycles. The Balaban J connectivity index is 0. The van der Waals surface area contributed by atoms with Crippen LogP contribution in [0.15, 0.2) is 12.2 Å². The molecule has 0 amide bonds. The second kappa shape index (κ2) is 27.3. The van der Waals surface area contributed by atoms with E-state index in [1.807, 2.05) is 0 Å². The van der Waals surface area contributed by atoms with Gasteiger partial charge in [0.25, 0.3) is 0 Å². The third-order valence-corrected chi connectivity index (χ3v) is 5.74. The minimum atomic E-state index is -1.40. The normalized spacial score (nSPS) is 11.4. The lowest BCUT2D eigenvalue weighted by molar-refractivity contribution is -0.117. The molecule has 31 heavy (non-hydrogen) atoms. The van der Waals surface area contributed by atoms with Crippen LogP contribution in [0.5, 0.6) is 0 Å². The van der Waals surface area contributed by atoms with E-state index in [0.717, 1.165) is 12.8 Å². The van der Waals surface area contributed by atoms with E-state index in [-0.39, 0.29) is 17.7 Å². The molecule has 0 aromatic rings. The van der Waals surface area contributed by atoms with Crippen LogP contribution >= 0.6 is 0 Å². The van der Waals surface area contributed by atoms with Crippen molar-refractivity contribution >= 4 is 5.78 Å². The maximum atomic E-state index is 11.5. The van der Waals surface area contributed by atoms with Crippen LogP contribution in [-0.4, -0.2) is 27.8 Å². The van der Waals surface area contributed by atoms with Gasteiger partial charge in [0, 0.05) is 19.3 Å². The molecule has 184 valence electrons. The summed E-state index contributed by atoms with van der Waals surface area (Å²) in [6, 6.07) is 0. The van der Waals surface area contributed by atoms with Crippen molar-refractivity contribution in [3.05, 3.63) is 18.6 Å². The second-order valence-electron chi connectivity index (χ2n) is 8.84. The maximum absolute atomic E-state index is 11.5. The van der Waals surface area contributed by atoms with E-state index in [4.69, 9.17) is 10.2 Å². The Bertz CT molecular complexity index is 379. The summed E-state index contributed by atoms with van der Waals surface area (Å²) in [5.41, 5.74) is 0. The zero-order valence-corrected chi connectivity index (χ0v) is 20.4. The Kier molecular flexibility index (Phi) is 28.6. The maximum Gasteiger partial charge on any atom is 0.152 e. The van der Waals surface area contributed by atoms with Gasteiger partial charge in [0.2, 0.25) is 0 Å². The van der Waals surface area contributed by atoms with Gasteiger partial charge >= 0.3 is 0 Å². The Morgan fingerprint density at radius 3 is 1.45 bits per heavy atom. The van der Waals surface area contributed by atoms with Crippen molar-refractivity contribution in [2.75, 3.05) is 0 Å². The zero-order chi connectivity index (χ0) is 22.1. The summed E-state index contributed by atoms with van der Waals surface area (Å²) < 4.78 is 0. The molecule has 0 saturated heterocycles. The van der Waals surface area contributed by atoms with Gasteiger partial charge in [-0.05, 0) is 32.1 Å². The van der Waals surface area contributed by atoms with E-state index in [1.54, 1.807) is 0 Å². The Labute approximate surface area is 193 Å². The predicted octanol–water partition coefficient (Wildman–Crippen LogP) is 7.66. The number of unbranched alkanes of at least 4 members (excludes halogenated alkanes) is 17. The number of rotatable bonds is 24. The molecular weight excluding hydrogens is 388 g/mol. The van der Waals surface area contributed by atoms with Gasteiger partial charge in [-0.1, -0.05) is 109 Å². The lowest BCUT2D eigenvalue weighted by Crippen LogP contribution is -2.08. The Morgan fingerprint density at radius 1 is 0.645 bits per heavy atom. The molecule has 4 heteroatoms. The van der Waals surface area contributed by atoms with Crippen molar-refractivity contribution in [3.8, 4) is 0 Å². The summed E-state index contributed by atoms with van der Waals surface area (Å²) in [5, 5.41) is 17.4. The first-order valence-corrected chi connectivity index (χ1v) is 13.0. The molecule has 0 unspecified atom stereocenters. The molecule has 0 aliphatic heterocycles. The first kappa shape index (κ1) is 32.5. The molecule has 0 spiro atoms. The molecule has 0 heterocycles. The molecular formula is C27H52O4. The first-order valence-electron chi connectivity index (χ1n) is 13.0. The molecule has 0 bridgehead atoms. The number of carbonyl (C=O) groups excluding carboxylic acids is 1. The molecule has 0 atom stereocenters. The minimum Gasteiger partial charge on any atom is -0.368 e. The second-order valence-corrected chi connectivity index (χ2v) is 8.84. The SMILES string of the molecule is CCCCCCCC/C=C\CCCCCCCCCCCCCC(=O)[CH]CC(O)O.[OH]. The largest absolute Gasteiger partial charge is 0.368 e. The highest BCUT2D eigenvalue weighted by atomic mass is 16.5. The fourth-order valence-electron chi connectivity index (χ4n) is 3.77. The molecule has 4 nitrogen and oxygen atoms in total. The highest BCUT2D eigenvalue weighted by Crippen LogP contribution is 2.13. The fourth-order valence-corrected chi connectivity index (χ4v) is 3.77. The molecule has 3 N–H and O–H groups in total. The summed E-state index contributed by atoms with van der Waals surface area (Å²) in [6.07, 6.45) is 30.3. The van der Waals surface area contributed by atoms with Crippen molar-refractivity contribution in [2.24, 2.45) is 0 Å². The molecule has 0 rings (SSSR count). The molecule has 0 fully saturated rings. The molecule has 0 aromatic heterocycles. The van der Waals surface area contributed by atoms with Crippen LogP contribution in [-0.2, 0) is 4.79 Å². The van der Waals surface area contributed by atoms with Crippen LogP contribution in [0.4, 0.5) is 0 Å². The van der Waals surface area contributed by atoms with Crippen molar-refractivity contribution in [1.82, 2.24) is 0 Å². The van der Waals surface area contributed by atoms with Crippen LogP contribution in [0.25, 0.3) is 0 Å². The Morgan fingerprint density at radius 2 is 1.03 bits per heavy atom. The average molecular weight is 441 g/mol. The van der Waals surface area contributed by atoms with Gasteiger partial charge in [-0.2, -0.15) is 0 Å². The van der Waals surface area contributed by atoms with Crippen molar-refractivity contribution in [3.63, 3.8) is 0 Å². The predicted molar refractivity (Wildman–Crippen MR) is 131 cm³/mol. The van der Waals surface area contributed by atoms with Crippen LogP contribution in [0, 0.1) is 6.42 Å². The average Bonchev–Trinajstić information content (AvgIpc) is 2.73. The van der Waals surface area contributed by atoms with Gasteiger partial charge in [0.05, 0.1) is 0 Å². The van der Waals surface area contributed by atoms with E-state index in [2.05, 4.69) is 19.1 Å². The smallest absolute Gasteiger partial charge is 0.152 e. The monoisotopic (exact) mass is 440 g/mol. The lowest BCUT2D eigenvalue weighted by atomic mass is 10.0. The zero-order valence-electron chi connectivity index (χ0n) is 20.4. The van der Waals surface area contributed by atoms with Gasteiger partial charge in [0.15, 0.2) is 6.29 Å². The summed E-state index contributed by atoms with van der Waals surface area (Å²) in [6.45, 7) is 2.27.